The van der Waals surface area contributed by atoms with Gasteiger partial charge in [0, 0.05) is 16.9 Å². The van der Waals surface area contributed by atoms with Crippen LogP contribution in [0, 0.1) is 0 Å². The highest BCUT2D eigenvalue weighted by molar-refractivity contribution is 6.08. The molecular formula is C12H12N2O2. The molecule has 1 aromatic heterocycles. The van der Waals surface area contributed by atoms with E-state index in [9.17, 15) is 9.90 Å². The van der Waals surface area contributed by atoms with Crippen LogP contribution in [0.4, 0.5) is 5.82 Å². The Kier molecular flexibility index (Phi) is 1.89. The molecule has 0 unspecified atom stereocenters. The summed E-state index contributed by atoms with van der Waals surface area (Å²) in [6, 6.07) is 7.90. The summed E-state index contributed by atoms with van der Waals surface area (Å²) in [6.45, 7) is 0. The third-order valence-electron chi connectivity index (χ3n) is 2.85. The quantitative estimate of drug-likeness (QED) is 0.738. The molecule has 0 amide bonds. The molecule has 3 N–H and O–H groups in total. The van der Waals surface area contributed by atoms with Crippen molar-refractivity contribution in [3.63, 3.8) is 0 Å². The number of carboxylic acids is 1. The molecule has 0 saturated heterocycles. The average Bonchev–Trinajstić information content (AvgIpc) is 2.97. The molecule has 1 heterocycles. The van der Waals surface area contributed by atoms with Crippen LogP contribution in [-0.2, 0) is 0 Å². The van der Waals surface area contributed by atoms with Crippen molar-refractivity contribution in [2.24, 2.45) is 0 Å². The molecule has 0 aliphatic heterocycles. The minimum atomic E-state index is -0.888. The molecule has 4 nitrogen and oxygen atoms in total. The van der Waals surface area contributed by atoms with Gasteiger partial charge in [-0.2, -0.15) is 0 Å². The van der Waals surface area contributed by atoms with Gasteiger partial charge in [-0.05, 0) is 18.9 Å². The van der Waals surface area contributed by atoms with Crippen molar-refractivity contribution in [3.05, 3.63) is 29.8 Å². The van der Waals surface area contributed by atoms with Gasteiger partial charge in [0.15, 0.2) is 0 Å². The number of para-hydroxylation sites is 1. The fourth-order valence-electron chi connectivity index (χ4n) is 1.90. The summed E-state index contributed by atoms with van der Waals surface area (Å²) in [6.07, 6.45) is 2.24. The molecule has 16 heavy (non-hydrogen) atoms. The number of carbonyl (C=O) groups is 1. The van der Waals surface area contributed by atoms with Crippen molar-refractivity contribution in [2.45, 2.75) is 18.9 Å². The molecule has 1 aliphatic rings. The Morgan fingerprint density at radius 2 is 2.12 bits per heavy atom. The number of H-pyrrole nitrogens is 1. The third kappa shape index (κ3) is 1.43. The molecular weight excluding hydrogens is 204 g/mol. The fourth-order valence-corrected chi connectivity index (χ4v) is 1.90. The summed E-state index contributed by atoms with van der Waals surface area (Å²) in [5.41, 5.74) is 1.21. The van der Waals surface area contributed by atoms with E-state index in [1.165, 1.54) is 0 Å². The molecule has 82 valence electrons. The van der Waals surface area contributed by atoms with Gasteiger partial charge < -0.3 is 15.4 Å². The first-order valence-corrected chi connectivity index (χ1v) is 5.36. The summed E-state index contributed by atoms with van der Waals surface area (Å²) >= 11 is 0. The van der Waals surface area contributed by atoms with E-state index in [-0.39, 0.29) is 0 Å². The maximum atomic E-state index is 11.2. The lowest BCUT2D eigenvalue weighted by Gasteiger charge is -2.02. The normalized spacial score (nSPS) is 15.2. The Labute approximate surface area is 92.3 Å². The maximum absolute atomic E-state index is 11.2. The van der Waals surface area contributed by atoms with Crippen molar-refractivity contribution < 1.29 is 9.90 Å². The standard InChI is InChI=1S/C12H12N2O2/c15-12(16)10-8-3-1-2-4-9(8)14-11(10)13-7-5-6-7/h1-4,7,13-14H,5-6H2,(H,15,16). The second-order valence-corrected chi connectivity index (χ2v) is 4.14. The fraction of sp³-hybridized carbons (Fsp3) is 0.250. The van der Waals surface area contributed by atoms with Gasteiger partial charge in [0.2, 0.25) is 0 Å². The van der Waals surface area contributed by atoms with Crippen LogP contribution in [0.15, 0.2) is 24.3 Å². The van der Waals surface area contributed by atoms with Crippen molar-refractivity contribution in [2.75, 3.05) is 5.32 Å². The zero-order valence-corrected chi connectivity index (χ0v) is 8.66. The molecule has 0 atom stereocenters. The number of hydrogen-bond donors (Lipinski definition) is 3. The maximum Gasteiger partial charge on any atom is 0.340 e. The molecule has 0 radical (unpaired) electrons. The highest BCUT2D eigenvalue weighted by Crippen LogP contribution is 2.30. The summed E-state index contributed by atoms with van der Waals surface area (Å²) < 4.78 is 0. The summed E-state index contributed by atoms with van der Waals surface area (Å²) in [4.78, 5) is 14.4. The van der Waals surface area contributed by atoms with E-state index < -0.39 is 5.97 Å². The zero-order valence-electron chi connectivity index (χ0n) is 8.66. The van der Waals surface area contributed by atoms with Crippen LogP contribution < -0.4 is 5.32 Å². The van der Waals surface area contributed by atoms with E-state index in [1.807, 2.05) is 24.3 Å². The third-order valence-corrected chi connectivity index (χ3v) is 2.85. The molecule has 3 rings (SSSR count). The monoisotopic (exact) mass is 216 g/mol. The van der Waals surface area contributed by atoms with Gasteiger partial charge in [-0.1, -0.05) is 18.2 Å². The van der Waals surface area contributed by atoms with Gasteiger partial charge in [-0.3, -0.25) is 0 Å². The SMILES string of the molecule is O=C(O)c1c(NC2CC2)[nH]c2ccccc12. The van der Waals surface area contributed by atoms with Gasteiger partial charge in [0.25, 0.3) is 0 Å². The average molecular weight is 216 g/mol. The smallest absolute Gasteiger partial charge is 0.340 e. The van der Waals surface area contributed by atoms with E-state index in [4.69, 9.17) is 0 Å². The second-order valence-electron chi connectivity index (χ2n) is 4.14. The first-order chi connectivity index (χ1) is 7.75. The molecule has 4 heteroatoms. The summed E-state index contributed by atoms with van der Waals surface area (Å²) in [5.74, 6) is -0.253. The highest BCUT2D eigenvalue weighted by Gasteiger charge is 2.25. The number of benzene rings is 1. The van der Waals surface area contributed by atoms with Gasteiger partial charge in [0.1, 0.15) is 11.4 Å². The van der Waals surface area contributed by atoms with E-state index >= 15 is 0 Å². The Bertz CT molecular complexity index is 555. The van der Waals surface area contributed by atoms with Gasteiger partial charge in [0.05, 0.1) is 0 Å². The van der Waals surface area contributed by atoms with Gasteiger partial charge in [-0.15, -0.1) is 0 Å². The number of fused-ring (bicyclic) bond motifs is 1. The molecule has 1 fully saturated rings. The largest absolute Gasteiger partial charge is 0.478 e. The van der Waals surface area contributed by atoms with Gasteiger partial charge in [-0.25, -0.2) is 4.79 Å². The van der Waals surface area contributed by atoms with E-state index in [0.717, 1.165) is 23.7 Å². The summed E-state index contributed by atoms with van der Waals surface area (Å²) in [7, 11) is 0. The van der Waals surface area contributed by atoms with E-state index in [1.54, 1.807) is 0 Å². The number of aromatic carboxylic acids is 1. The zero-order chi connectivity index (χ0) is 11.1. The van der Waals surface area contributed by atoms with Crippen LogP contribution in [0.2, 0.25) is 0 Å². The first kappa shape index (κ1) is 9.27. The minimum Gasteiger partial charge on any atom is -0.478 e. The molecule has 0 spiro atoms. The van der Waals surface area contributed by atoms with Crippen molar-refractivity contribution in [1.82, 2.24) is 4.98 Å². The molecule has 1 saturated carbocycles. The van der Waals surface area contributed by atoms with Crippen LogP contribution in [0.1, 0.15) is 23.2 Å². The number of hydrogen-bond acceptors (Lipinski definition) is 2. The van der Waals surface area contributed by atoms with Crippen molar-refractivity contribution in [3.8, 4) is 0 Å². The Balaban J connectivity index is 2.17. The van der Waals surface area contributed by atoms with Gasteiger partial charge >= 0.3 is 5.97 Å². The number of carboxylic acid groups (broad SMARTS) is 1. The van der Waals surface area contributed by atoms with Crippen LogP contribution in [-0.4, -0.2) is 22.1 Å². The molecule has 1 aromatic carbocycles. The second kappa shape index (κ2) is 3.27. The number of aromatic nitrogens is 1. The van der Waals surface area contributed by atoms with Crippen LogP contribution in [0.25, 0.3) is 10.9 Å². The first-order valence-electron chi connectivity index (χ1n) is 5.36. The topological polar surface area (TPSA) is 65.1 Å². The number of nitrogens with one attached hydrogen (secondary N) is 2. The Morgan fingerprint density at radius 1 is 1.38 bits per heavy atom. The van der Waals surface area contributed by atoms with E-state index in [0.29, 0.717) is 17.4 Å². The van der Waals surface area contributed by atoms with Crippen LogP contribution in [0.3, 0.4) is 0 Å². The predicted molar refractivity (Wildman–Crippen MR) is 61.9 cm³/mol. The number of rotatable bonds is 3. The van der Waals surface area contributed by atoms with Crippen molar-refractivity contribution >= 4 is 22.7 Å². The van der Waals surface area contributed by atoms with Crippen LogP contribution >= 0.6 is 0 Å². The molecule has 1 aliphatic carbocycles. The minimum absolute atomic E-state index is 0.350. The lowest BCUT2D eigenvalue weighted by Crippen LogP contribution is -2.06. The molecule has 0 bridgehead atoms. The lowest BCUT2D eigenvalue weighted by atomic mass is 10.1. The number of aromatic amines is 1. The Hall–Kier alpha value is -1.97. The molecule has 2 aromatic rings. The number of anilines is 1. The van der Waals surface area contributed by atoms with Crippen molar-refractivity contribution in [1.29, 1.82) is 0 Å². The highest BCUT2D eigenvalue weighted by atomic mass is 16.4. The summed E-state index contributed by atoms with van der Waals surface area (Å²) in [5, 5.41) is 13.2. The predicted octanol–water partition coefficient (Wildman–Crippen LogP) is 2.44. The lowest BCUT2D eigenvalue weighted by molar-refractivity contribution is 0.0700. The Morgan fingerprint density at radius 3 is 2.81 bits per heavy atom. The van der Waals surface area contributed by atoms with E-state index in [2.05, 4.69) is 10.3 Å². The van der Waals surface area contributed by atoms with Crippen LogP contribution in [0.5, 0.6) is 0 Å².